The maximum Gasteiger partial charge on any atom is 0.0756 e. The summed E-state index contributed by atoms with van der Waals surface area (Å²) in [6.45, 7) is 7.30. The van der Waals surface area contributed by atoms with Crippen molar-refractivity contribution in [2.75, 3.05) is 0 Å². The minimum Gasteiger partial charge on any atom is -0.326 e. The van der Waals surface area contributed by atoms with Crippen LogP contribution in [0, 0.1) is 0 Å². The van der Waals surface area contributed by atoms with E-state index in [1.165, 1.54) is 66.8 Å². The van der Waals surface area contributed by atoms with E-state index >= 15 is 0 Å². The van der Waals surface area contributed by atoms with Crippen LogP contribution in [0.15, 0.2) is 156 Å². The summed E-state index contributed by atoms with van der Waals surface area (Å²) in [7, 11) is 0. The Morgan fingerprint density at radius 1 is 0.600 bits per heavy atom. The highest BCUT2D eigenvalue weighted by Crippen LogP contribution is 2.62. The third-order valence-electron chi connectivity index (χ3n) is 11.0. The van der Waals surface area contributed by atoms with E-state index in [4.69, 9.17) is 10.7 Å². The zero-order valence-corrected chi connectivity index (χ0v) is 29.3. The highest BCUT2D eigenvalue weighted by molar-refractivity contribution is 6.17. The van der Waals surface area contributed by atoms with Crippen LogP contribution in [-0.2, 0) is 12.0 Å². The molecule has 6 aromatic carbocycles. The molecular formula is C48H44N2. The summed E-state index contributed by atoms with van der Waals surface area (Å²) in [4.78, 5) is 5.74. The van der Waals surface area contributed by atoms with Crippen molar-refractivity contribution >= 4 is 11.3 Å². The van der Waals surface area contributed by atoms with Crippen molar-refractivity contribution in [1.29, 1.82) is 0 Å². The lowest BCUT2D eigenvalue weighted by atomic mass is 9.70. The topological polar surface area (TPSA) is 38.4 Å². The second-order valence-electron chi connectivity index (χ2n) is 13.7. The third-order valence-corrected chi connectivity index (χ3v) is 11.0. The fraction of sp³-hybridized carbons (Fsp3) is 0.188. The van der Waals surface area contributed by atoms with Gasteiger partial charge in [-0.15, -0.1) is 0 Å². The molecule has 1 unspecified atom stereocenters. The van der Waals surface area contributed by atoms with Crippen molar-refractivity contribution in [1.82, 2.24) is 0 Å². The number of nitrogens with zero attached hydrogens (tertiary/aromatic N) is 1. The first-order valence-corrected chi connectivity index (χ1v) is 18.2. The molecule has 1 atom stereocenters. The molecule has 0 aromatic heterocycles. The smallest absolute Gasteiger partial charge is 0.0756 e. The maximum absolute atomic E-state index is 6.30. The van der Waals surface area contributed by atoms with Gasteiger partial charge in [-0.05, 0) is 104 Å². The third kappa shape index (κ3) is 5.01. The second-order valence-corrected chi connectivity index (χ2v) is 13.7. The summed E-state index contributed by atoms with van der Waals surface area (Å²) >= 11 is 0. The summed E-state index contributed by atoms with van der Waals surface area (Å²) in [6, 6.07) is 53.7. The standard InChI is InChI=1S/C48H44N2/c1-4-16-46(35-19-10-7-11-20-35)50-47(37(5-2)32(3)34-17-8-6-9-18-34)36-26-28-45-41(30-36)40-29-33(31-49)25-27-44(40)48(45)42-23-14-12-21-38(42)39-22-13-15-24-43(39)48/h6-15,17-30,46H,4-5,16,31,49H2,1-3H3/b37-32+,50-47-. The van der Waals surface area contributed by atoms with Crippen LogP contribution in [0.5, 0.6) is 0 Å². The van der Waals surface area contributed by atoms with Gasteiger partial charge in [0.15, 0.2) is 0 Å². The molecule has 0 saturated carbocycles. The maximum atomic E-state index is 6.30. The molecule has 0 aliphatic heterocycles. The van der Waals surface area contributed by atoms with Crippen LogP contribution in [0.25, 0.3) is 27.8 Å². The molecule has 0 fully saturated rings. The van der Waals surface area contributed by atoms with E-state index in [-0.39, 0.29) is 11.5 Å². The number of allylic oxidation sites excluding steroid dienone is 2. The van der Waals surface area contributed by atoms with E-state index in [9.17, 15) is 0 Å². The molecule has 0 bridgehead atoms. The summed E-state index contributed by atoms with van der Waals surface area (Å²) in [6.07, 6.45) is 2.92. The Labute approximate surface area is 297 Å². The molecule has 6 aromatic rings. The molecule has 0 saturated heterocycles. The van der Waals surface area contributed by atoms with Gasteiger partial charge in [0, 0.05) is 12.1 Å². The first kappa shape index (κ1) is 31.9. The normalized spacial score (nSPS) is 14.8. The van der Waals surface area contributed by atoms with Crippen LogP contribution in [0.3, 0.4) is 0 Å². The lowest BCUT2D eigenvalue weighted by Crippen LogP contribution is -2.26. The molecule has 1 spiro atoms. The number of hydrogen-bond acceptors (Lipinski definition) is 2. The number of hydrogen-bond donors (Lipinski definition) is 1. The monoisotopic (exact) mass is 648 g/mol. The molecule has 2 N–H and O–H groups in total. The molecule has 50 heavy (non-hydrogen) atoms. The molecule has 0 heterocycles. The van der Waals surface area contributed by atoms with Crippen molar-refractivity contribution in [2.45, 2.75) is 58.0 Å². The van der Waals surface area contributed by atoms with Gasteiger partial charge in [0.25, 0.3) is 0 Å². The van der Waals surface area contributed by atoms with Crippen molar-refractivity contribution in [2.24, 2.45) is 10.7 Å². The first-order valence-electron chi connectivity index (χ1n) is 18.2. The van der Waals surface area contributed by atoms with Crippen LogP contribution in [-0.4, -0.2) is 5.71 Å². The molecule has 8 rings (SSSR count). The minimum absolute atomic E-state index is 0.0608. The average Bonchev–Trinajstić information content (AvgIpc) is 3.64. The highest BCUT2D eigenvalue weighted by atomic mass is 14.8. The van der Waals surface area contributed by atoms with Gasteiger partial charge in [-0.3, -0.25) is 4.99 Å². The van der Waals surface area contributed by atoms with E-state index in [1.807, 2.05) is 0 Å². The molecule has 246 valence electrons. The summed E-state index contributed by atoms with van der Waals surface area (Å²) in [5.74, 6) is 0. The van der Waals surface area contributed by atoms with Gasteiger partial charge in [0.2, 0.25) is 0 Å². The summed E-state index contributed by atoms with van der Waals surface area (Å²) in [5, 5.41) is 0. The van der Waals surface area contributed by atoms with Crippen LogP contribution < -0.4 is 5.73 Å². The Kier molecular flexibility index (Phi) is 8.42. The van der Waals surface area contributed by atoms with Crippen molar-refractivity contribution in [3.8, 4) is 22.3 Å². The lowest BCUT2D eigenvalue weighted by Gasteiger charge is -2.30. The Morgan fingerprint density at radius 2 is 1.16 bits per heavy atom. The van der Waals surface area contributed by atoms with Crippen LogP contribution in [0.4, 0.5) is 0 Å². The molecule has 2 heteroatoms. The molecular weight excluding hydrogens is 605 g/mol. The van der Waals surface area contributed by atoms with E-state index in [0.717, 1.165) is 36.1 Å². The number of nitrogens with two attached hydrogens (primary N) is 1. The van der Waals surface area contributed by atoms with Gasteiger partial charge in [-0.25, -0.2) is 0 Å². The molecule has 0 radical (unpaired) electrons. The van der Waals surface area contributed by atoms with Gasteiger partial charge in [0.1, 0.15) is 0 Å². The average molecular weight is 649 g/mol. The first-order chi connectivity index (χ1) is 24.6. The summed E-state index contributed by atoms with van der Waals surface area (Å²) < 4.78 is 0. The van der Waals surface area contributed by atoms with Gasteiger partial charge in [-0.2, -0.15) is 0 Å². The van der Waals surface area contributed by atoms with Gasteiger partial charge in [-0.1, -0.05) is 154 Å². The lowest BCUT2D eigenvalue weighted by molar-refractivity contribution is 0.641. The summed E-state index contributed by atoms with van der Waals surface area (Å²) in [5.41, 5.74) is 24.9. The van der Waals surface area contributed by atoms with Crippen LogP contribution >= 0.6 is 0 Å². The van der Waals surface area contributed by atoms with Crippen molar-refractivity contribution < 1.29 is 0 Å². The van der Waals surface area contributed by atoms with Gasteiger partial charge in [0.05, 0.1) is 17.2 Å². The number of benzene rings is 6. The Morgan fingerprint density at radius 3 is 1.78 bits per heavy atom. The second kappa shape index (κ2) is 13.2. The van der Waals surface area contributed by atoms with Crippen LogP contribution in [0.2, 0.25) is 0 Å². The Balaban J connectivity index is 1.41. The van der Waals surface area contributed by atoms with Crippen molar-refractivity contribution in [3.63, 3.8) is 0 Å². The van der Waals surface area contributed by atoms with E-state index in [1.54, 1.807) is 0 Å². The highest BCUT2D eigenvalue weighted by Gasteiger charge is 2.51. The number of aliphatic imine (C=N–C) groups is 1. The fourth-order valence-electron chi connectivity index (χ4n) is 8.68. The minimum atomic E-state index is -0.390. The Bertz CT molecular complexity index is 2210. The van der Waals surface area contributed by atoms with E-state index in [0.29, 0.717) is 6.54 Å². The van der Waals surface area contributed by atoms with Gasteiger partial charge < -0.3 is 5.73 Å². The Hall–Kier alpha value is -5.31. The largest absolute Gasteiger partial charge is 0.326 e. The number of rotatable bonds is 9. The molecule has 0 amide bonds. The SMILES string of the molecule is CCCC(/N=C(\C(CC)=C(/C)c1ccccc1)c1ccc2c(c1)-c1cc(CN)ccc1C21c2ccccc2-c2ccccc21)c1ccccc1. The quantitative estimate of drug-likeness (QED) is 0.155. The zero-order chi connectivity index (χ0) is 34.2. The number of fused-ring (bicyclic) bond motifs is 10. The van der Waals surface area contributed by atoms with Crippen molar-refractivity contribution in [3.05, 3.63) is 196 Å². The fourth-order valence-corrected chi connectivity index (χ4v) is 8.68. The van der Waals surface area contributed by atoms with E-state index in [2.05, 4.69) is 166 Å². The predicted octanol–water partition coefficient (Wildman–Crippen LogP) is 11.7. The molecule has 2 aliphatic carbocycles. The van der Waals surface area contributed by atoms with Crippen LogP contribution in [0.1, 0.15) is 90.6 Å². The van der Waals surface area contributed by atoms with Gasteiger partial charge >= 0.3 is 0 Å². The predicted molar refractivity (Wildman–Crippen MR) is 211 cm³/mol. The molecule has 2 nitrogen and oxygen atoms in total. The van der Waals surface area contributed by atoms with E-state index < -0.39 is 0 Å². The zero-order valence-electron chi connectivity index (χ0n) is 29.3. The molecule has 2 aliphatic rings.